The van der Waals surface area contributed by atoms with Crippen LogP contribution in [0.2, 0.25) is 0 Å². The molecule has 0 saturated carbocycles. The maximum atomic E-state index is 13.1. The average molecular weight is 555 g/mol. The van der Waals surface area contributed by atoms with Crippen LogP contribution in [0.1, 0.15) is 49.4 Å². The summed E-state index contributed by atoms with van der Waals surface area (Å²) >= 11 is 6.93. The van der Waals surface area contributed by atoms with Crippen molar-refractivity contribution in [2.24, 2.45) is 0 Å². The lowest BCUT2D eigenvalue weighted by Gasteiger charge is -2.17. The molecule has 2 aromatic carbocycles. The Balaban J connectivity index is 1.53. The number of rotatable bonds is 10. The largest absolute Gasteiger partial charge is 0.490 e. The predicted molar refractivity (Wildman–Crippen MR) is 152 cm³/mol. The first-order valence-electron chi connectivity index (χ1n) is 12.4. The minimum absolute atomic E-state index is 0.159. The fourth-order valence-electron chi connectivity index (χ4n) is 3.73. The molecule has 0 bridgehead atoms. The van der Waals surface area contributed by atoms with Gasteiger partial charge in [0.2, 0.25) is 10.7 Å². The van der Waals surface area contributed by atoms with Crippen LogP contribution in [0.5, 0.6) is 17.2 Å². The van der Waals surface area contributed by atoms with Crippen molar-refractivity contribution in [2.45, 2.75) is 41.0 Å². The average Bonchev–Trinajstić information content (AvgIpc) is 3.48. The quantitative estimate of drug-likeness (QED) is 0.260. The Kier molecular flexibility index (Phi) is 8.74. The second-order valence-corrected chi connectivity index (χ2v) is 9.47. The van der Waals surface area contributed by atoms with Crippen LogP contribution in [0.4, 0.5) is 5.69 Å². The maximum Gasteiger partial charge on any atom is 0.257 e. The molecule has 200 valence electrons. The van der Waals surface area contributed by atoms with E-state index in [0.717, 1.165) is 39.0 Å². The Hall–Kier alpha value is -3.77. The molecule has 1 amide bonds. The zero-order valence-electron chi connectivity index (χ0n) is 22.0. The summed E-state index contributed by atoms with van der Waals surface area (Å²) in [6, 6.07) is 9.16. The Labute approximate surface area is 230 Å². The van der Waals surface area contributed by atoms with Gasteiger partial charge in [0, 0.05) is 23.2 Å². The van der Waals surface area contributed by atoms with E-state index in [1.807, 2.05) is 52.8 Å². The Morgan fingerprint density at radius 2 is 1.68 bits per heavy atom. The number of hydrogen-bond acceptors (Lipinski definition) is 9. The fourth-order valence-corrected chi connectivity index (χ4v) is 4.79. The number of amides is 1. The second-order valence-electron chi connectivity index (χ2n) is 8.11. The highest BCUT2D eigenvalue weighted by atomic mass is 32.1. The first-order chi connectivity index (χ1) is 18.4. The van der Waals surface area contributed by atoms with Crippen molar-refractivity contribution >= 4 is 45.2 Å². The number of thiocarbonyl (C=S) groups is 1. The molecule has 38 heavy (non-hydrogen) atoms. The SMILES string of the molecule is CCOc1cc(C(=O)NC(=S)Nc2cc(-c3nn4c(CC)nnc4s3)ccc2C)cc(OCC)c1OCC. The van der Waals surface area contributed by atoms with Gasteiger partial charge in [-0.15, -0.1) is 10.2 Å². The fraction of sp³-hybridized carbons (Fsp3) is 0.346. The van der Waals surface area contributed by atoms with Crippen LogP contribution in [0.15, 0.2) is 30.3 Å². The summed E-state index contributed by atoms with van der Waals surface area (Å²) in [6.45, 7) is 10.8. The summed E-state index contributed by atoms with van der Waals surface area (Å²) < 4.78 is 18.9. The molecule has 0 radical (unpaired) electrons. The van der Waals surface area contributed by atoms with E-state index in [0.29, 0.717) is 42.6 Å². The van der Waals surface area contributed by atoms with E-state index in [4.69, 9.17) is 26.4 Å². The van der Waals surface area contributed by atoms with Crippen molar-refractivity contribution in [3.8, 4) is 27.8 Å². The maximum absolute atomic E-state index is 13.1. The van der Waals surface area contributed by atoms with Gasteiger partial charge in [-0.1, -0.05) is 30.4 Å². The molecule has 12 heteroatoms. The number of aryl methyl sites for hydroxylation is 2. The number of hydrogen-bond donors (Lipinski definition) is 2. The number of carbonyl (C=O) groups is 1. The zero-order chi connectivity index (χ0) is 27.2. The monoisotopic (exact) mass is 554 g/mol. The minimum atomic E-state index is -0.401. The molecular formula is C26H30N6O4S2. The minimum Gasteiger partial charge on any atom is -0.490 e. The molecule has 0 aliphatic carbocycles. The number of carbonyl (C=O) groups excluding carboxylic acids is 1. The zero-order valence-corrected chi connectivity index (χ0v) is 23.6. The molecule has 0 unspecified atom stereocenters. The number of nitrogens with one attached hydrogen (secondary N) is 2. The molecule has 2 aromatic heterocycles. The summed E-state index contributed by atoms with van der Waals surface area (Å²) in [6.07, 6.45) is 0.742. The lowest BCUT2D eigenvalue weighted by molar-refractivity contribution is 0.0976. The summed E-state index contributed by atoms with van der Waals surface area (Å²) in [7, 11) is 0. The number of aromatic nitrogens is 4. The molecule has 2 N–H and O–H groups in total. The van der Waals surface area contributed by atoms with Crippen LogP contribution in [0.25, 0.3) is 15.5 Å². The standard InChI is InChI=1S/C26H30N6O4S2/c1-6-21-29-30-26-32(21)31-24(38-26)16-11-10-15(5)18(12-16)27-25(37)28-23(33)17-13-19(34-7-2)22(36-9-4)20(14-17)35-8-3/h10-14H,6-9H2,1-5H3,(H2,27,28,33,37). The van der Waals surface area contributed by atoms with Crippen LogP contribution >= 0.6 is 23.6 Å². The molecule has 0 spiro atoms. The molecule has 10 nitrogen and oxygen atoms in total. The molecule has 0 saturated heterocycles. The van der Waals surface area contributed by atoms with Crippen LogP contribution in [-0.2, 0) is 6.42 Å². The topological polar surface area (TPSA) is 112 Å². The van der Waals surface area contributed by atoms with Gasteiger partial charge in [-0.05, 0) is 63.7 Å². The highest BCUT2D eigenvalue weighted by molar-refractivity contribution is 7.80. The van der Waals surface area contributed by atoms with Crippen molar-refractivity contribution in [3.05, 3.63) is 47.3 Å². The smallest absolute Gasteiger partial charge is 0.257 e. The lowest BCUT2D eigenvalue weighted by Crippen LogP contribution is -2.34. The van der Waals surface area contributed by atoms with E-state index < -0.39 is 5.91 Å². The predicted octanol–water partition coefficient (Wildman–Crippen LogP) is 5.05. The first-order valence-corrected chi connectivity index (χ1v) is 13.6. The molecule has 0 aliphatic heterocycles. The van der Waals surface area contributed by atoms with Crippen LogP contribution in [-0.4, -0.2) is 50.7 Å². The first kappa shape index (κ1) is 27.3. The van der Waals surface area contributed by atoms with Gasteiger partial charge < -0.3 is 19.5 Å². The van der Waals surface area contributed by atoms with Gasteiger partial charge in [-0.25, -0.2) is 0 Å². The van der Waals surface area contributed by atoms with Crippen molar-refractivity contribution in [3.63, 3.8) is 0 Å². The number of benzene rings is 2. The molecule has 0 fully saturated rings. The lowest BCUT2D eigenvalue weighted by atomic mass is 10.1. The van der Waals surface area contributed by atoms with E-state index in [-0.39, 0.29) is 5.11 Å². The van der Waals surface area contributed by atoms with Gasteiger partial charge in [0.1, 0.15) is 5.01 Å². The summed E-state index contributed by atoms with van der Waals surface area (Å²) in [5.74, 6) is 1.75. The molecule has 0 aliphatic rings. The number of nitrogens with zero attached hydrogens (tertiary/aromatic N) is 4. The Morgan fingerprint density at radius 1 is 1.00 bits per heavy atom. The third kappa shape index (κ3) is 5.86. The normalized spacial score (nSPS) is 10.9. The van der Waals surface area contributed by atoms with Crippen molar-refractivity contribution in [1.29, 1.82) is 0 Å². The Bertz CT molecular complexity index is 1440. The van der Waals surface area contributed by atoms with E-state index in [9.17, 15) is 4.79 Å². The van der Waals surface area contributed by atoms with Gasteiger partial charge in [0.25, 0.3) is 5.91 Å². The highest BCUT2D eigenvalue weighted by Gasteiger charge is 2.19. The third-order valence-corrected chi connectivity index (χ3v) is 6.65. The van der Waals surface area contributed by atoms with Gasteiger partial charge >= 0.3 is 0 Å². The van der Waals surface area contributed by atoms with Gasteiger partial charge in [-0.2, -0.15) is 9.61 Å². The van der Waals surface area contributed by atoms with E-state index >= 15 is 0 Å². The number of ether oxygens (including phenoxy) is 3. The van der Waals surface area contributed by atoms with Gasteiger partial charge in [-0.3, -0.25) is 10.1 Å². The second kappa shape index (κ2) is 12.2. The summed E-state index contributed by atoms with van der Waals surface area (Å²) in [5, 5.41) is 19.9. The molecule has 0 atom stereocenters. The van der Waals surface area contributed by atoms with E-state index in [2.05, 4.69) is 25.9 Å². The van der Waals surface area contributed by atoms with Crippen molar-refractivity contribution < 1.29 is 19.0 Å². The highest BCUT2D eigenvalue weighted by Crippen LogP contribution is 2.39. The van der Waals surface area contributed by atoms with Crippen molar-refractivity contribution in [2.75, 3.05) is 25.1 Å². The molecule has 2 heterocycles. The van der Waals surface area contributed by atoms with Crippen LogP contribution in [0.3, 0.4) is 0 Å². The van der Waals surface area contributed by atoms with Crippen LogP contribution in [0, 0.1) is 6.92 Å². The molecular weight excluding hydrogens is 524 g/mol. The van der Waals surface area contributed by atoms with Gasteiger partial charge in [0.15, 0.2) is 22.4 Å². The van der Waals surface area contributed by atoms with Crippen molar-refractivity contribution in [1.82, 2.24) is 25.1 Å². The molecule has 4 aromatic rings. The van der Waals surface area contributed by atoms with Crippen LogP contribution < -0.4 is 24.8 Å². The Morgan fingerprint density at radius 3 is 2.32 bits per heavy atom. The summed E-state index contributed by atoms with van der Waals surface area (Å²) in [4.78, 5) is 13.9. The van der Waals surface area contributed by atoms with E-state index in [1.54, 1.807) is 16.6 Å². The van der Waals surface area contributed by atoms with Gasteiger partial charge in [0.05, 0.1) is 19.8 Å². The third-order valence-electron chi connectivity index (χ3n) is 5.50. The summed E-state index contributed by atoms with van der Waals surface area (Å²) in [5.41, 5.74) is 2.95. The van der Waals surface area contributed by atoms with E-state index in [1.165, 1.54) is 11.3 Å². The number of anilines is 1. The number of fused-ring (bicyclic) bond motifs is 1. The molecule has 4 rings (SSSR count).